The van der Waals surface area contributed by atoms with Crippen LogP contribution in [0.2, 0.25) is 0 Å². The van der Waals surface area contributed by atoms with Crippen LogP contribution in [0.25, 0.3) is 0 Å². The third-order valence-corrected chi connectivity index (χ3v) is 6.40. The van der Waals surface area contributed by atoms with E-state index in [0.717, 1.165) is 21.6 Å². The maximum atomic E-state index is 12.6. The van der Waals surface area contributed by atoms with Gasteiger partial charge in [0.05, 0.1) is 18.5 Å². The summed E-state index contributed by atoms with van der Waals surface area (Å²) in [6, 6.07) is 26.5. The highest BCUT2D eigenvalue weighted by Gasteiger charge is 2.21. The summed E-state index contributed by atoms with van der Waals surface area (Å²) >= 11 is 1.54. The summed E-state index contributed by atoms with van der Waals surface area (Å²) in [6.07, 6.45) is 1.11. The van der Waals surface area contributed by atoms with E-state index >= 15 is 0 Å². The first-order valence-corrected chi connectivity index (χ1v) is 11.7. The van der Waals surface area contributed by atoms with Crippen LogP contribution in [0.5, 0.6) is 0 Å². The predicted octanol–water partition coefficient (Wildman–Crippen LogP) is 4.24. The van der Waals surface area contributed by atoms with Gasteiger partial charge in [0.1, 0.15) is 0 Å². The molecule has 5 nitrogen and oxygen atoms in total. The van der Waals surface area contributed by atoms with Crippen LogP contribution in [0.3, 0.4) is 0 Å². The van der Waals surface area contributed by atoms with E-state index in [0.29, 0.717) is 5.69 Å². The van der Waals surface area contributed by atoms with Gasteiger partial charge in [-0.1, -0.05) is 72.4 Å². The summed E-state index contributed by atoms with van der Waals surface area (Å²) in [7, 11) is -3.54. The van der Waals surface area contributed by atoms with Gasteiger partial charge in [-0.15, -0.1) is 0 Å². The quantitative estimate of drug-likeness (QED) is 0.585. The highest BCUT2D eigenvalue weighted by atomic mass is 32.2. The van der Waals surface area contributed by atoms with Crippen molar-refractivity contribution in [3.8, 4) is 0 Å². The molecule has 0 saturated carbocycles. The first-order chi connectivity index (χ1) is 13.9. The number of amides is 1. The number of hydrogen-bond donors (Lipinski definition) is 1. The molecule has 3 aromatic rings. The van der Waals surface area contributed by atoms with Crippen LogP contribution in [0.4, 0.5) is 5.69 Å². The minimum atomic E-state index is -3.54. The lowest BCUT2D eigenvalue weighted by Gasteiger charge is -2.20. The van der Waals surface area contributed by atoms with Gasteiger partial charge in [0.2, 0.25) is 15.9 Å². The lowest BCUT2D eigenvalue weighted by atomic mass is 10.2. The van der Waals surface area contributed by atoms with Crippen LogP contribution in [0, 0.1) is 0 Å². The molecule has 1 amide bonds. The highest BCUT2D eigenvalue weighted by molar-refractivity contribution is 7.99. The Bertz CT molecular complexity index is 1060. The molecule has 0 bridgehead atoms. The monoisotopic (exact) mass is 426 g/mol. The third kappa shape index (κ3) is 6.45. The van der Waals surface area contributed by atoms with E-state index < -0.39 is 10.0 Å². The van der Waals surface area contributed by atoms with E-state index in [-0.39, 0.29) is 19.0 Å². The summed E-state index contributed by atoms with van der Waals surface area (Å²) in [5.74, 6) is -0.382. The van der Waals surface area contributed by atoms with Crippen molar-refractivity contribution in [2.75, 3.05) is 18.1 Å². The lowest BCUT2D eigenvalue weighted by Crippen LogP contribution is -2.36. The van der Waals surface area contributed by atoms with Gasteiger partial charge in [-0.05, 0) is 29.8 Å². The van der Waals surface area contributed by atoms with Crippen molar-refractivity contribution in [3.63, 3.8) is 0 Å². The van der Waals surface area contributed by atoms with E-state index in [4.69, 9.17) is 0 Å². The van der Waals surface area contributed by atoms with E-state index in [9.17, 15) is 13.2 Å². The first kappa shape index (κ1) is 21.1. The van der Waals surface area contributed by atoms with E-state index in [1.807, 2.05) is 84.9 Å². The second-order valence-electron chi connectivity index (χ2n) is 6.48. The van der Waals surface area contributed by atoms with Crippen molar-refractivity contribution in [1.82, 2.24) is 4.31 Å². The minimum absolute atomic E-state index is 0.146. The molecule has 3 rings (SSSR count). The van der Waals surface area contributed by atoms with Crippen molar-refractivity contribution >= 4 is 33.4 Å². The number of sulfonamides is 1. The zero-order valence-corrected chi connectivity index (χ0v) is 17.6. The van der Waals surface area contributed by atoms with Gasteiger partial charge in [-0.3, -0.25) is 4.79 Å². The van der Waals surface area contributed by atoms with Gasteiger partial charge in [-0.2, -0.15) is 4.31 Å². The van der Waals surface area contributed by atoms with E-state index in [1.54, 1.807) is 0 Å². The standard InChI is InChI=1S/C22H22N2O3S2/c1-29(26,27)24(16-18-10-4-2-5-11-18)17-22(25)23-20-14-8-9-15-21(20)28-19-12-6-3-7-13-19/h2-15H,16-17H2,1H3,(H,23,25). The number of carbonyl (C=O) groups is 1. The molecule has 1 N–H and O–H groups in total. The topological polar surface area (TPSA) is 66.5 Å². The Hall–Kier alpha value is -2.61. The molecule has 0 spiro atoms. The molecule has 0 aliphatic rings. The number of hydrogen-bond acceptors (Lipinski definition) is 4. The lowest BCUT2D eigenvalue weighted by molar-refractivity contribution is -0.116. The average Bonchev–Trinajstić information content (AvgIpc) is 2.70. The number of anilines is 1. The molecular formula is C22H22N2O3S2. The fraction of sp³-hybridized carbons (Fsp3) is 0.136. The fourth-order valence-electron chi connectivity index (χ4n) is 2.70. The van der Waals surface area contributed by atoms with Gasteiger partial charge in [0.15, 0.2) is 0 Å². The molecule has 0 heterocycles. The van der Waals surface area contributed by atoms with Gasteiger partial charge in [0.25, 0.3) is 0 Å². The number of nitrogens with zero attached hydrogens (tertiary/aromatic N) is 1. The molecule has 0 fully saturated rings. The number of carbonyl (C=O) groups excluding carboxylic acids is 1. The summed E-state index contributed by atoms with van der Waals surface area (Å²) in [5.41, 5.74) is 1.48. The molecule has 0 aliphatic carbocycles. The van der Waals surface area contributed by atoms with Crippen LogP contribution in [0.1, 0.15) is 5.56 Å². The molecule has 0 unspecified atom stereocenters. The van der Waals surface area contributed by atoms with Crippen LogP contribution >= 0.6 is 11.8 Å². The molecule has 0 atom stereocenters. The Morgan fingerprint density at radius 3 is 2.14 bits per heavy atom. The number of rotatable bonds is 8. The molecule has 0 aromatic heterocycles. The fourth-order valence-corrected chi connectivity index (χ4v) is 4.36. The second-order valence-corrected chi connectivity index (χ2v) is 9.57. The maximum Gasteiger partial charge on any atom is 0.239 e. The Morgan fingerprint density at radius 1 is 0.897 bits per heavy atom. The van der Waals surface area contributed by atoms with Crippen molar-refractivity contribution in [1.29, 1.82) is 0 Å². The molecule has 0 radical (unpaired) electrons. The molecule has 150 valence electrons. The van der Waals surface area contributed by atoms with E-state index in [2.05, 4.69) is 5.32 Å². The SMILES string of the molecule is CS(=O)(=O)N(CC(=O)Nc1ccccc1Sc1ccccc1)Cc1ccccc1. The Kier molecular flexibility index (Phi) is 7.09. The molecule has 0 saturated heterocycles. The summed E-state index contributed by atoms with van der Waals surface area (Å²) < 4.78 is 25.5. The Balaban J connectivity index is 1.72. The van der Waals surface area contributed by atoms with Crippen LogP contribution in [-0.4, -0.2) is 31.4 Å². The van der Waals surface area contributed by atoms with Gasteiger partial charge >= 0.3 is 0 Å². The Labute approximate surface area is 175 Å². The highest BCUT2D eigenvalue weighted by Crippen LogP contribution is 2.33. The molecule has 3 aromatic carbocycles. The van der Waals surface area contributed by atoms with Crippen LogP contribution in [0.15, 0.2) is 94.7 Å². The summed E-state index contributed by atoms with van der Waals surface area (Å²) in [5, 5.41) is 2.85. The average molecular weight is 427 g/mol. The second kappa shape index (κ2) is 9.73. The van der Waals surface area contributed by atoms with Crippen molar-refractivity contribution < 1.29 is 13.2 Å². The van der Waals surface area contributed by atoms with Gasteiger partial charge in [-0.25, -0.2) is 8.42 Å². The normalized spacial score (nSPS) is 11.4. The minimum Gasteiger partial charge on any atom is -0.324 e. The van der Waals surface area contributed by atoms with Gasteiger partial charge in [0, 0.05) is 16.3 Å². The largest absolute Gasteiger partial charge is 0.324 e. The Morgan fingerprint density at radius 2 is 1.48 bits per heavy atom. The summed E-state index contributed by atoms with van der Waals surface area (Å²) in [6.45, 7) is -0.106. The van der Waals surface area contributed by atoms with Crippen molar-refractivity contribution in [3.05, 3.63) is 90.5 Å². The number of para-hydroxylation sites is 1. The van der Waals surface area contributed by atoms with Crippen LogP contribution < -0.4 is 5.32 Å². The molecule has 29 heavy (non-hydrogen) atoms. The van der Waals surface area contributed by atoms with Gasteiger partial charge < -0.3 is 5.32 Å². The molecule has 0 aliphatic heterocycles. The third-order valence-electron chi connectivity index (χ3n) is 4.12. The first-order valence-electron chi connectivity index (χ1n) is 9.02. The predicted molar refractivity (Wildman–Crippen MR) is 117 cm³/mol. The summed E-state index contributed by atoms with van der Waals surface area (Å²) in [4.78, 5) is 14.6. The smallest absolute Gasteiger partial charge is 0.239 e. The van der Waals surface area contributed by atoms with Crippen LogP contribution in [-0.2, 0) is 21.4 Å². The van der Waals surface area contributed by atoms with Crippen molar-refractivity contribution in [2.24, 2.45) is 0 Å². The van der Waals surface area contributed by atoms with Crippen molar-refractivity contribution in [2.45, 2.75) is 16.3 Å². The maximum absolute atomic E-state index is 12.6. The number of nitrogens with one attached hydrogen (secondary N) is 1. The molecule has 7 heteroatoms. The number of benzene rings is 3. The zero-order valence-electron chi connectivity index (χ0n) is 16.0. The van der Waals surface area contributed by atoms with E-state index in [1.165, 1.54) is 16.1 Å². The molecular weight excluding hydrogens is 404 g/mol. The zero-order chi connectivity index (χ0) is 20.7.